The Kier molecular flexibility index (Phi) is 9.05. The molecule has 2 aromatic heterocycles. The van der Waals surface area contributed by atoms with Crippen molar-refractivity contribution in [2.45, 2.75) is 52.0 Å². The first-order chi connectivity index (χ1) is 17.5. The molecule has 2 N–H and O–H groups in total. The monoisotopic (exact) mass is 529 g/mol. The zero-order valence-electron chi connectivity index (χ0n) is 21.3. The van der Waals surface area contributed by atoms with E-state index in [1.165, 1.54) is 0 Å². The van der Waals surface area contributed by atoms with Crippen LogP contribution in [0.1, 0.15) is 43.2 Å². The van der Waals surface area contributed by atoms with Crippen molar-refractivity contribution in [3.05, 3.63) is 51.9 Å². The number of aromatic nitrogens is 3. The SMILES string of the molecule is Cc1cc(-c2nc3cc(CC[C@H](C(=O)O)C4CCOCC4)ccc3n2CC2CCOCC2)c[nH]c1=O.Cl. The van der Waals surface area contributed by atoms with Gasteiger partial charge in [0.05, 0.1) is 17.0 Å². The summed E-state index contributed by atoms with van der Waals surface area (Å²) in [5.41, 5.74) is 4.51. The van der Waals surface area contributed by atoms with Gasteiger partial charge in [0, 0.05) is 50.3 Å². The number of hydrogen-bond acceptors (Lipinski definition) is 5. The number of aromatic amines is 1. The maximum atomic E-state index is 12.0. The molecule has 37 heavy (non-hydrogen) atoms. The predicted molar refractivity (Wildman–Crippen MR) is 144 cm³/mol. The lowest BCUT2D eigenvalue weighted by Crippen LogP contribution is -2.29. The molecule has 0 aliphatic carbocycles. The number of benzene rings is 1. The van der Waals surface area contributed by atoms with E-state index in [2.05, 4.69) is 27.8 Å². The van der Waals surface area contributed by atoms with Crippen molar-refractivity contribution < 1.29 is 19.4 Å². The average Bonchev–Trinajstić information content (AvgIpc) is 3.24. The van der Waals surface area contributed by atoms with E-state index in [4.69, 9.17) is 14.5 Å². The fourth-order valence-corrected chi connectivity index (χ4v) is 5.65. The van der Waals surface area contributed by atoms with E-state index in [9.17, 15) is 14.7 Å². The van der Waals surface area contributed by atoms with Gasteiger partial charge >= 0.3 is 5.97 Å². The average molecular weight is 530 g/mol. The molecule has 200 valence electrons. The molecule has 2 aliphatic heterocycles. The molecule has 0 amide bonds. The van der Waals surface area contributed by atoms with Crippen molar-refractivity contribution in [3.8, 4) is 11.4 Å². The van der Waals surface area contributed by atoms with Gasteiger partial charge in [-0.15, -0.1) is 12.4 Å². The maximum Gasteiger partial charge on any atom is 0.306 e. The normalized spacial score (nSPS) is 18.0. The molecule has 8 nitrogen and oxygen atoms in total. The summed E-state index contributed by atoms with van der Waals surface area (Å²) in [5.74, 6) is 0.469. The van der Waals surface area contributed by atoms with Crippen LogP contribution in [0.3, 0.4) is 0 Å². The zero-order chi connectivity index (χ0) is 25.1. The van der Waals surface area contributed by atoms with E-state index in [-0.39, 0.29) is 29.8 Å². The Balaban J connectivity index is 0.00000320. The number of ether oxygens (including phenoxy) is 2. The van der Waals surface area contributed by atoms with E-state index in [0.717, 1.165) is 73.4 Å². The third-order valence-electron chi connectivity index (χ3n) is 7.84. The van der Waals surface area contributed by atoms with Gasteiger partial charge in [-0.25, -0.2) is 4.98 Å². The number of rotatable bonds is 8. The van der Waals surface area contributed by atoms with Crippen LogP contribution in [0.2, 0.25) is 0 Å². The summed E-state index contributed by atoms with van der Waals surface area (Å²) >= 11 is 0. The second-order valence-electron chi connectivity index (χ2n) is 10.3. The molecule has 2 saturated heterocycles. The Morgan fingerprint density at radius 1 is 1.14 bits per heavy atom. The third-order valence-corrected chi connectivity index (χ3v) is 7.84. The molecule has 0 spiro atoms. The lowest BCUT2D eigenvalue weighted by atomic mass is 9.82. The summed E-state index contributed by atoms with van der Waals surface area (Å²) in [6.07, 6.45) is 6.71. The van der Waals surface area contributed by atoms with Crippen LogP contribution in [0.4, 0.5) is 0 Å². The van der Waals surface area contributed by atoms with Gasteiger partial charge in [0.2, 0.25) is 0 Å². The minimum Gasteiger partial charge on any atom is -0.481 e. The summed E-state index contributed by atoms with van der Waals surface area (Å²) in [6.45, 7) is 5.52. The van der Waals surface area contributed by atoms with Gasteiger partial charge in [0.1, 0.15) is 5.82 Å². The number of fused-ring (bicyclic) bond motifs is 1. The van der Waals surface area contributed by atoms with Crippen LogP contribution in [0.25, 0.3) is 22.4 Å². The molecule has 9 heteroatoms. The topological polar surface area (TPSA) is 106 Å². The van der Waals surface area contributed by atoms with E-state index in [1.807, 2.05) is 13.0 Å². The number of hydrogen-bond donors (Lipinski definition) is 2. The number of carboxylic acids is 1. The minimum absolute atomic E-state index is 0. The number of nitrogens with zero attached hydrogens (tertiary/aromatic N) is 2. The molecule has 2 fully saturated rings. The Morgan fingerprint density at radius 3 is 2.51 bits per heavy atom. The van der Waals surface area contributed by atoms with Crippen LogP contribution in [0.15, 0.2) is 35.3 Å². The predicted octanol–water partition coefficient (Wildman–Crippen LogP) is 4.61. The van der Waals surface area contributed by atoms with E-state index in [1.54, 1.807) is 6.20 Å². The Morgan fingerprint density at radius 2 is 1.84 bits per heavy atom. The Bertz CT molecular complexity index is 1270. The Hall–Kier alpha value is -2.68. The largest absolute Gasteiger partial charge is 0.481 e. The smallest absolute Gasteiger partial charge is 0.306 e. The van der Waals surface area contributed by atoms with Crippen LogP contribution in [-0.4, -0.2) is 52.0 Å². The molecule has 0 radical (unpaired) electrons. The molecular formula is C28H36ClN3O5. The number of pyridine rings is 1. The summed E-state index contributed by atoms with van der Waals surface area (Å²) < 4.78 is 13.3. The van der Waals surface area contributed by atoms with Crippen molar-refractivity contribution in [1.82, 2.24) is 14.5 Å². The fourth-order valence-electron chi connectivity index (χ4n) is 5.65. The molecule has 1 aromatic carbocycles. The first-order valence-electron chi connectivity index (χ1n) is 13.1. The summed E-state index contributed by atoms with van der Waals surface area (Å²) in [5, 5.41) is 9.85. The van der Waals surface area contributed by atoms with Crippen molar-refractivity contribution in [2.75, 3.05) is 26.4 Å². The van der Waals surface area contributed by atoms with Crippen molar-refractivity contribution in [1.29, 1.82) is 0 Å². The first-order valence-corrected chi connectivity index (χ1v) is 13.1. The number of aryl methyl sites for hydroxylation is 2. The maximum absolute atomic E-state index is 12.0. The number of nitrogens with one attached hydrogen (secondary N) is 1. The fraction of sp³-hybridized carbons (Fsp3) is 0.536. The lowest BCUT2D eigenvalue weighted by molar-refractivity contribution is -0.145. The highest BCUT2D eigenvalue weighted by molar-refractivity contribution is 5.85. The summed E-state index contributed by atoms with van der Waals surface area (Å²) in [6, 6.07) is 8.21. The molecule has 4 heterocycles. The van der Waals surface area contributed by atoms with Gasteiger partial charge in [-0.05, 0) is 81.0 Å². The van der Waals surface area contributed by atoms with Crippen LogP contribution >= 0.6 is 12.4 Å². The van der Waals surface area contributed by atoms with Crippen molar-refractivity contribution in [3.63, 3.8) is 0 Å². The van der Waals surface area contributed by atoms with Gasteiger partial charge in [-0.3, -0.25) is 9.59 Å². The number of H-pyrrole nitrogens is 1. The molecular weight excluding hydrogens is 494 g/mol. The lowest BCUT2D eigenvalue weighted by Gasteiger charge is -2.27. The molecule has 1 atom stereocenters. The second-order valence-corrected chi connectivity index (χ2v) is 10.3. The van der Waals surface area contributed by atoms with Gasteiger partial charge in [-0.2, -0.15) is 0 Å². The van der Waals surface area contributed by atoms with Crippen molar-refractivity contribution in [2.24, 2.45) is 17.8 Å². The molecule has 5 rings (SSSR count). The van der Waals surface area contributed by atoms with Crippen LogP contribution in [0, 0.1) is 24.7 Å². The number of aliphatic carboxylic acids is 1. The molecule has 2 aliphatic rings. The van der Waals surface area contributed by atoms with Crippen LogP contribution in [-0.2, 0) is 27.2 Å². The highest BCUT2D eigenvalue weighted by Gasteiger charge is 2.29. The van der Waals surface area contributed by atoms with Gasteiger partial charge in [0.15, 0.2) is 0 Å². The number of carbonyl (C=O) groups is 1. The van der Waals surface area contributed by atoms with Crippen LogP contribution in [0.5, 0.6) is 0 Å². The van der Waals surface area contributed by atoms with E-state index >= 15 is 0 Å². The first kappa shape index (κ1) is 27.4. The molecule has 0 bridgehead atoms. The van der Waals surface area contributed by atoms with Gasteiger partial charge in [-0.1, -0.05) is 6.07 Å². The molecule has 0 saturated carbocycles. The zero-order valence-corrected chi connectivity index (χ0v) is 22.1. The number of carboxylic acid groups (broad SMARTS) is 1. The second kappa shape index (κ2) is 12.2. The molecule has 0 unspecified atom stereocenters. The number of imidazole rings is 1. The Labute approximate surface area is 222 Å². The van der Waals surface area contributed by atoms with Gasteiger partial charge < -0.3 is 24.1 Å². The summed E-state index contributed by atoms with van der Waals surface area (Å²) in [7, 11) is 0. The van der Waals surface area contributed by atoms with E-state index < -0.39 is 5.97 Å². The minimum atomic E-state index is -0.709. The molecule has 3 aromatic rings. The van der Waals surface area contributed by atoms with E-state index in [0.29, 0.717) is 37.5 Å². The highest BCUT2D eigenvalue weighted by atomic mass is 35.5. The van der Waals surface area contributed by atoms with Crippen LogP contribution < -0.4 is 5.56 Å². The number of halogens is 1. The highest BCUT2D eigenvalue weighted by Crippen LogP contribution is 2.31. The van der Waals surface area contributed by atoms with Crippen molar-refractivity contribution >= 4 is 29.4 Å². The standard InChI is InChI=1S/C28H35N3O5.ClH/c1-18-14-22(16-29-27(18)32)26-30-24-15-19(2-4-23(28(33)34)21-8-12-36-13-9-21)3-5-25(24)31(26)17-20-6-10-35-11-7-20;/h3,5,14-16,20-21,23H,2,4,6-13,17H2,1H3,(H,29,32)(H,33,34);1H/t23-;/m0./s1. The van der Waals surface area contributed by atoms with Gasteiger partial charge in [0.25, 0.3) is 5.56 Å². The third kappa shape index (κ3) is 6.25. The summed E-state index contributed by atoms with van der Waals surface area (Å²) in [4.78, 5) is 31.8. The quantitative estimate of drug-likeness (QED) is 0.441.